The zero-order chi connectivity index (χ0) is 31.2. The molecule has 2 fully saturated rings. The number of amides is 1. The number of hydrogen-bond acceptors (Lipinski definition) is 8. The monoisotopic (exact) mass is 627 g/mol. The van der Waals surface area contributed by atoms with Gasteiger partial charge in [-0.1, -0.05) is 35.4 Å². The summed E-state index contributed by atoms with van der Waals surface area (Å²) < 4.78 is 32.5. The van der Waals surface area contributed by atoms with Gasteiger partial charge >= 0.3 is 0 Å². The largest absolute Gasteiger partial charge is 0.486 e. The van der Waals surface area contributed by atoms with Crippen molar-refractivity contribution in [3.63, 3.8) is 0 Å². The number of pyridine rings is 1. The molecule has 2 aliphatic rings. The lowest BCUT2D eigenvalue weighted by atomic mass is 10.0. The average Bonchev–Trinajstić information content (AvgIpc) is 3.56. The van der Waals surface area contributed by atoms with Gasteiger partial charge in [0, 0.05) is 52.5 Å². The molecule has 230 valence electrons. The van der Waals surface area contributed by atoms with Gasteiger partial charge in [-0.3, -0.25) is 9.78 Å². The third-order valence-corrected chi connectivity index (χ3v) is 8.02. The number of benzene rings is 3. The number of anilines is 3. The fourth-order valence-corrected chi connectivity index (χ4v) is 5.47. The normalized spacial score (nSPS) is 16.2. The molecule has 11 heteroatoms. The van der Waals surface area contributed by atoms with Crippen LogP contribution in [0.3, 0.4) is 0 Å². The fourth-order valence-electron chi connectivity index (χ4n) is 5.28. The van der Waals surface area contributed by atoms with Crippen molar-refractivity contribution in [1.82, 2.24) is 10.3 Å². The third-order valence-electron chi connectivity index (χ3n) is 7.65. The highest BCUT2D eigenvalue weighted by atomic mass is 35.5. The van der Waals surface area contributed by atoms with Gasteiger partial charge in [0.05, 0.1) is 35.7 Å². The molecule has 0 aliphatic carbocycles. The minimum absolute atomic E-state index is 0.0612. The van der Waals surface area contributed by atoms with Crippen LogP contribution in [0.4, 0.5) is 21.5 Å². The minimum atomic E-state index is -0.586. The summed E-state index contributed by atoms with van der Waals surface area (Å²) in [4.78, 5) is 17.6. The zero-order valence-electron chi connectivity index (χ0n) is 24.4. The predicted octanol–water partition coefficient (Wildman–Crippen LogP) is 6.64. The summed E-state index contributed by atoms with van der Waals surface area (Å²) in [6.07, 6.45) is 5.24. The highest BCUT2D eigenvalue weighted by Crippen LogP contribution is 2.37. The SMILES string of the molecule is N#Cc1cnc2cc(OC3CCOC3)c(NC(=O)C=C3CCNCC3)cc2c1Nc1ccc(OCc2ccccc2Cl)c(F)c1. The van der Waals surface area contributed by atoms with Gasteiger partial charge in [0.25, 0.3) is 0 Å². The summed E-state index contributed by atoms with van der Waals surface area (Å²) in [5.41, 5.74) is 3.81. The highest BCUT2D eigenvalue weighted by molar-refractivity contribution is 6.31. The first kappa shape index (κ1) is 30.3. The molecule has 0 spiro atoms. The molecule has 0 radical (unpaired) electrons. The van der Waals surface area contributed by atoms with E-state index in [2.05, 4.69) is 27.0 Å². The van der Waals surface area contributed by atoms with Gasteiger partial charge in [0.1, 0.15) is 24.5 Å². The number of carbonyl (C=O) groups excluding carboxylic acids is 1. The second-order valence-corrected chi connectivity index (χ2v) is 11.2. The van der Waals surface area contributed by atoms with Crippen molar-refractivity contribution in [2.75, 3.05) is 36.9 Å². The van der Waals surface area contributed by atoms with Crippen molar-refractivity contribution in [2.24, 2.45) is 0 Å². The summed E-state index contributed by atoms with van der Waals surface area (Å²) in [6, 6.07) is 17.3. The van der Waals surface area contributed by atoms with E-state index in [1.165, 1.54) is 18.3 Å². The Morgan fingerprint density at radius 2 is 2.02 bits per heavy atom. The molecule has 2 aliphatic heterocycles. The third kappa shape index (κ3) is 7.35. The van der Waals surface area contributed by atoms with E-state index in [-0.39, 0.29) is 29.9 Å². The van der Waals surface area contributed by atoms with E-state index in [1.54, 1.807) is 30.3 Å². The van der Waals surface area contributed by atoms with Crippen molar-refractivity contribution in [3.05, 3.63) is 94.4 Å². The smallest absolute Gasteiger partial charge is 0.248 e. The van der Waals surface area contributed by atoms with Crippen LogP contribution in [0.1, 0.15) is 30.4 Å². The number of halogens is 2. The molecule has 1 aromatic heterocycles. The Balaban J connectivity index is 1.31. The zero-order valence-corrected chi connectivity index (χ0v) is 25.1. The topological polar surface area (TPSA) is 118 Å². The maximum atomic E-state index is 15.1. The number of piperidine rings is 1. The number of nitrogens with one attached hydrogen (secondary N) is 3. The number of nitrogens with zero attached hydrogens (tertiary/aromatic N) is 2. The second kappa shape index (κ2) is 13.9. The van der Waals surface area contributed by atoms with E-state index >= 15 is 4.39 Å². The predicted molar refractivity (Wildman–Crippen MR) is 171 cm³/mol. The molecular weight excluding hydrogens is 597 g/mol. The van der Waals surface area contributed by atoms with Crippen molar-refractivity contribution in [1.29, 1.82) is 5.26 Å². The van der Waals surface area contributed by atoms with Crippen molar-refractivity contribution < 1.29 is 23.4 Å². The van der Waals surface area contributed by atoms with Crippen molar-refractivity contribution >= 4 is 45.5 Å². The Morgan fingerprint density at radius 1 is 1.18 bits per heavy atom. The molecule has 0 saturated carbocycles. The first-order chi connectivity index (χ1) is 22.0. The molecule has 4 aromatic rings. The van der Waals surface area contributed by atoms with Crippen molar-refractivity contribution in [3.8, 4) is 17.6 Å². The number of fused-ring (bicyclic) bond motifs is 1. The Kier molecular flexibility index (Phi) is 9.41. The molecule has 3 N–H and O–H groups in total. The van der Waals surface area contributed by atoms with E-state index in [1.807, 2.05) is 18.2 Å². The number of hydrogen-bond donors (Lipinski definition) is 3. The number of ether oxygens (including phenoxy) is 3. The molecule has 2 saturated heterocycles. The molecule has 45 heavy (non-hydrogen) atoms. The van der Waals surface area contributed by atoms with E-state index < -0.39 is 5.82 Å². The average molecular weight is 628 g/mol. The quantitative estimate of drug-likeness (QED) is 0.177. The second-order valence-electron chi connectivity index (χ2n) is 10.8. The van der Waals surface area contributed by atoms with E-state index in [0.29, 0.717) is 52.0 Å². The van der Waals surface area contributed by atoms with E-state index in [0.717, 1.165) is 43.5 Å². The van der Waals surface area contributed by atoms with Gasteiger partial charge in [0.15, 0.2) is 11.6 Å². The first-order valence-corrected chi connectivity index (χ1v) is 15.1. The minimum Gasteiger partial charge on any atom is -0.486 e. The first-order valence-electron chi connectivity index (χ1n) is 14.7. The molecule has 3 heterocycles. The van der Waals surface area contributed by atoms with Gasteiger partial charge < -0.3 is 30.2 Å². The maximum absolute atomic E-state index is 15.1. The summed E-state index contributed by atoms with van der Waals surface area (Å²) in [5, 5.41) is 20.5. The van der Waals surface area contributed by atoms with Crippen LogP contribution in [-0.2, 0) is 16.1 Å². The lowest BCUT2D eigenvalue weighted by molar-refractivity contribution is -0.112. The molecule has 3 aromatic carbocycles. The molecule has 0 bridgehead atoms. The van der Waals surface area contributed by atoms with Crippen LogP contribution in [0.5, 0.6) is 11.5 Å². The number of aromatic nitrogens is 1. The molecule has 1 unspecified atom stereocenters. The number of carbonyl (C=O) groups is 1. The maximum Gasteiger partial charge on any atom is 0.248 e. The van der Waals surface area contributed by atoms with Crippen LogP contribution in [-0.4, -0.2) is 43.3 Å². The Bertz CT molecular complexity index is 1790. The van der Waals surface area contributed by atoms with Gasteiger partial charge in [-0.25, -0.2) is 4.39 Å². The Morgan fingerprint density at radius 3 is 2.78 bits per heavy atom. The fraction of sp³-hybridized carbons (Fsp3) is 0.265. The molecule has 9 nitrogen and oxygen atoms in total. The lowest BCUT2D eigenvalue weighted by Gasteiger charge is -2.19. The van der Waals surface area contributed by atoms with Crippen LogP contribution in [0.25, 0.3) is 10.9 Å². The lowest BCUT2D eigenvalue weighted by Crippen LogP contribution is -2.24. The van der Waals surface area contributed by atoms with E-state index in [4.69, 9.17) is 25.8 Å². The van der Waals surface area contributed by atoms with E-state index in [9.17, 15) is 10.1 Å². The summed E-state index contributed by atoms with van der Waals surface area (Å²) in [6.45, 7) is 2.81. The molecular formula is C34H31ClFN5O4. The number of rotatable bonds is 9. The standard InChI is InChI=1S/C34H31ClFN5O4/c35-27-4-2-1-3-22(27)19-44-31-6-5-24(14-28(31)36)40-34-23(17-37)18-39-29-16-32(45-25-9-12-43-20-25)30(15-26(29)34)41-33(42)13-21-7-10-38-11-8-21/h1-6,13-16,18,25,38H,7-12,19-20H2,(H,39,40)(H,41,42). The van der Waals surface area contributed by atoms with Crippen molar-refractivity contribution in [2.45, 2.75) is 32.0 Å². The van der Waals surface area contributed by atoms with Gasteiger partial charge in [-0.05, 0) is 50.2 Å². The Hall–Kier alpha value is -4.69. The number of nitriles is 1. The van der Waals surface area contributed by atoms with Crippen LogP contribution in [0.15, 0.2) is 72.4 Å². The molecule has 1 atom stereocenters. The highest BCUT2D eigenvalue weighted by Gasteiger charge is 2.22. The Labute approximate surface area is 265 Å². The molecule has 6 rings (SSSR count). The molecule has 1 amide bonds. The van der Waals surface area contributed by atoms with Crippen LogP contribution in [0.2, 0.25) is 5.02 Å². The summed E-state index contributed by atoms with van der Waals surface area (Å²) in [5.74, 6) is -0.347. The van der Waals surface area contributed by atoms with Gasteiger partial charge in [-0.15, -0.1) is 0 Å². The van der Waals surface area contributed by atoms with Crippen LogP contribution >= 0.6 is 11.6 Å². The van der Waals surface area contributed by atoms with Gasteiger partial charge in [0.2, 0.25) is 5.91 Å². The summed E-state index contributed by atoms with van der Waals surface area (Å²) in [7, 11) is 0. The summed E-state index contributed by atoms with van der Waals surface area (Å²) >= 11 is 6.20. The van der Waals surface area contributed by atoms with Crippen LogP contribution in [0, 0.1) is 17.1 Å². The van der Waals surface area contributed by atoms with Gasteiger partial charge in [-0.2, -0.15) is 5.26 Å². The van der Waals surface area contributed by atoms with Crippen LogP contribution < -0.4 is 25.4 Å².